The third-order valence-corrected chi connectivity index (χ3v) is 5.25. The van der Waals surface area contributed by atoms with Crippen molar-refractivity contribution in [1.82, 2.24) is 19.6 Å². The summed E-state index contributed by atoms with van der Waals surface area (Å²) in [7, 11) is 0. The van der Waals surface area contributed by atoms with Crippen LogP contribution in [-0.2, 0) is 17.9 Å². The molecule has 136 valence electrons. The van der Waals surface area contributed by atoms with Gasteiger partial charge in [0.2, 0.25) is 5.91 Å². The molecular weight excluding hydrogens is 462 g/mol. The number of aromatic nitrogens is 4. The predicted molar refractivity (Wildman–Crippen MR) is 108 cm³/mol. The number of halogens is 2. The van der Waals surface area contributed by atoms with E-state index in [1.807, 2.05) is 19.3 Å². The molecule has 0 aliphatic rings. The van der Waals surface area contributed by atoms with Crippen LogP contribution in [0.15, 0.2) is 45.6 Å². The Labute approximate surface area is 168 Å². The minimum absolute atomic E-state index is 0.101. The number of anilines is 1. The van der Waals surface area contributed by atoms with Gasteiger partial charge in [-0.05, 0) is 51.3 Å². The van der Waals surface area contributed by atoms with Gasteiger partial charge in [-0.15, -0.1) is 0 Å². The lowest BCUT2D eigenvalue weighted by molar-refractivity contribution is -0.116. The fourth-order valence-electron chi connectivity index (χ4n) is 2.46. The van der Waals surface area contributed by atoms with Crippen LogP contribution in [0.2, 0.25) is 0 Å². The van der Waals surface area contributed by atoms with E-state index in [2.05, 4.69) is 78.6 Å². The normalized spacial score (nSPS) is 10.9. The molecule has 0 bridgehead atoms. The molecule has 0 atom stereocenters. The maximum Gasteiger partial charge on any atom is 0.227 e. The molecule has 0 aliphatic heterocycles. The summed E-state index contributed by atoms with van der Waals surface area (Å²) in [6, 6.07) is 8.30. The van der Waals surface area contributed by atoms with Crippen molar-refractivity contribution >= 4 is 43.6 Å². The van der Waals surface area contributed by atoms with Crippen molar-refractivity contribution in [2.24, 2.45) is 0 Å². The van der Waals surface area contributed by atoms with E-state index < -0.39 is 0 Å². The molecule has 0 aliphatic carbocycles. The Morgan fingerprint density at radius 1 is 1.04 bits per heavy atom. The van der Waals surface area contributed by atoms with Gasteiger partial charge in [-0.2, -0.15) is 10.2 Å². The summed E-state index contributed by atoms with van der Waals surface area (Å²) in [5.41, 5.74) is 3.29. The summed E-state index contributed by atoms with van der Waals surface area (Å²) in [4.78, 5) is 12.2. The van der Waals surface area contributed by atoms with E-state index >= 15 is 0 Å². The average Bonchev–Trinajstić information content (AvgIpc) is 3.10. The van der Waals surface area contributed by atoms with Crippen molar-refractivity contribution in [2.45, 2.75) is 33.4 Å². The van der Waals surface area contributed by atoms with Crippen LogP contribution in [0.25, 0.3) is 0 Å². The first-order chi connectivity index (χ1) is 12.4. The Hall–Kier alpha value is -1.93. The van der Waals surface area contributed by atoms with Crippen LogP contribution in [0.3, 0.4) is 0 Å². The van der Waals surface area contributed by atoms with E-state index in [4.69, 9.17) is 0 Å². The first kappa shape index (κ1) is 18.8. The molecule has 0 saturated carbocycles. The molecule has 1 amide bonds. The highest BCUT2D eigenvalue weighted by atomic mass is 79.9. The topological polar surface area (TPSA) is 64.7 Å². The second-order valence-electron chi connectivity index (χ2n) is 6.13. The van der Waals surface area contributed by atoms with Gasteiger partial charge in [0.1, 0.15) is 0 Å². The van der Waals surface area contributed by atoms with Gasteiger partial charge in [0.05, 0.1) is 21.2 Å². The molecule has 1 N–H and O–H groups in total. The Balaban J connectivity index is 1.58. The zero-order valence-corrected chi connectivity index (χ0v) is 17.7. The molecule has 0 fully saturated rings. The van der Waals surface area contributed by atoms with Crippen molar-refractivity contribution in [2.75, 3.05) is 5.32 Å². The van der Waals surface area contributed by atoms with Gasteiger partial charge in [0.25, 0.3) is 0 Å². The van der Waals surface area contributed by atoms with Gasteiger partial charge in [-0.1, -0.05) is 29.8 Å². The lowest BCUT2D eigenvalue weighted by atomic mass is 10.1. The smallest absolute Gasteiger partial charge is 0.227 e. The molecule has 1 aromatic carbocycles. The van der Waals surface area contributed by atoms with Crippen LogP contribution in [0, 0.1) is 13.8 Å². The van der Waals surface area contributed by atoms with Crippen molar-refractivity contribution in [1.29, 1.82) is 0 Å². The van der Waals surface area contributed by atoms with Crippen LogP contribution < -0.4 is 5.32 Å². The lowest BCUT2D eigenvalue weighted by Gasteiger charge is -2.04. The van der Waals surface area contributed by atoms with E-state index in [0.29, 0.717) is 25.3 Å². The number of hydrogen-bond acceptors (Lipinski definition) is 3. The second kappa shape index (κ2) is 8.18. The van der Waals surface area contributed by atoms with Crippen molar-refractivity contribution in [3.05, 3.63) is 62.4 Å². The molecule has 2 aromatic heterocycles. The quantitative estimate of drug-likeness (QED) is 0.572. The van der Waals surface area contributed by atoms with Crippen LogP contribution in [-0.4, -0.2) is 25.5 Å². The molecular formula is C18H19Br2N5O. The number of amides is 1. The molecule has 26 heavy (non-hydrogen) atoms. The summed E-state index contributed by atoms with van der Waals surface area (Å²) in [6.07, 6.45) is 4.06. The Kier molecular flexibility index (Phi) is 5.93. The number of benzene rings is 1. The van der Waals surface area contributed by atoms with Gasteiger partial charge >= 0.3 is 0 Å². The number of rotatable bonds is 6. The zero-order valence-electron chi connectivity index (χ0n) is 14.5. The summed E-state index contributed by atoms with van der Waals surface area (Å²) in [5, 5.41) is 11.6. The minimum Gasteiger partial charge on any atom is -0.308 e. The van der Waals surface area contributed by atoms with E-state index in [9.17, 15) is 4.79 Å². The largest absolute Gasteiger partial charge is 0.308 e. The van der Waals surface area contributed by atoms with Gasteiger partial charge in [-0.25, -0.2) is 0 Å². The second-order valence-corrected chi connectivity index (χ2v) is 7.84. The van der Waals surface area contributed by atoms with E-state index in [1.54, 1.807) is 9.36 Å². The molecule has 0 saturated heterocycles. The summed E-state index contributed by atoms with van der Waals surface area (Å²) in [5.74, 6) is 0.426. The number of hydrogen-bond donors (Lipinski definition) is 1. The average molecular weight is 481 g/mol. The highest BCUT2D eigenvalue weighted by molar-refractivity contribution is 9.10. The zero-order chi connectivity index (χ0) is 18.7. The minimum atomic E-state index is -0.101. The molecule has 0 spiro atoms. The van der Waals surface area contributed by atoms with E-state index in [-0.39, 0.29) is 5.91 Å². The number of nitrogens with zero attached hydrogens (tertiary/aromatic N) is 4. The van der Waals surface area contributed by atoms with Crippen LogP contribution in [0.5, 0.6) is 0 Å². The van der Waals surface area contributed by atoms with Gasteiger partial charge < -0.3 is 5.32 Å². The predicted octanol–water partition coefficient (Wildman–Crippen LogP) is 4.30. The van der Waals surface area contributed by atoms with Gasteiger partial charge in [-0.3, -0.25) is 14.2 Å². The Morgan fingerprint density at radius 2 is 1.73 bits per heavy atom. The summed E-state index contributed by atoms with van der Waals surface area (Å²) < 4.78 is 5.26. The van der Waals surface area contributed by atoms with Gasteiger partial charge in [0.15, 0.2) is 5.82 Å². The molecule has 3 rings (SSSR count). The van der Waals surface area contributed by atoms with Crippen LogP contribution >= 0.6 is 31.9 Å². The third kappa shape index (κ3) is 4.82. The summed E-state index contributed by atoms with van der Waals surface area (Å²) >= 11 is 6.88. The standard InChI is InChI=1S/C18H19Br2N5O/c1-12-3-5-14(6-4-12)9-25-11-16(20)18(23-25)21-17(26)7-8-24-10-15(19)13(2)22-24/h3-6,10-11H,7-9H2,1-2H3,(H,21,23,26). The molecule has 6 nitrogen and oxygen atoms in total. The molecule has 0 unspecified atom stereocenters. The SMILES string of the molecule is Cc1ccc(Cn2cc(Br)c(NC(=O)CCn3cc(Br)c(C)n3)n2)cc1. The first-order valence-electron chi connectivity index (χ1n) is 8.18. The molecule has 2 heterocycles. The Bertz CT molecular complexity index is 895. The summed E-state index contributed by atoms with van der Waals surface area (Å²) in [6.45, 7) is 5.14. The highest BCUT2D eigenvalue weighted by Gasteiger charge is 2.11. The number of nitrogens with one attached hydrogen (secondary N) is 1. The maximum absolute atomic E-state index is 12.2. The van der Waals surface area contributed by atoms with Crippen molar-refractivity contribution < 1.29 is 4.79 Å². The number of carbonyl (C=O) groups is 1. The van der Waals surface area contributed by atoms with Crippen molar-refractivity contribution in [3.63, 3.8) is 0 Å². The number of carbonyl (C=O) groups excluding carboxylic acids is 1. The third-order valence-electron chi connectivity index (χ3n) is 3.89. The molecule has 3 aromatic rings. The monoisotopic (exact) mass is 479 g/mol. The van der Waals surface area contributed by atoms with Crippen LogP contribution in [0.1, 0.15) is 23.2 Å². The maximum atomic E-state index is 12.2. The van der Waals surface area contributed by atoms with Crippen LogP contribution in [0.4, 0.5) is 5.82 Å². The number of aryl methyl sites for hydroxylation is 3. The fraction of sp³-hybridized carbons (Fsp3) is 0.278. The Morgan fingerprint density at radius 3 is 2.38 bits per heavy atom. The fourth-order valence-corrected chi connectivity index (χ4v) is 3.19. The van der Waals surface area contributed by atoms with Gasteiger partial charge in [0, 0.05) is 25.4 Å². The van der Waals surface area contributed by atoms with E-state index in [0.717, 1.165) is 20.2 Å². The molecule has 0 radical (unpaired) electrons. The molecule has 8 heteroatoms. The van der Waals surface area contributed by atoms with Crippen molar-refractivity contribution in [3.8, 4) is 0 Å². The van der Waals surface area contributed by atoms with E-state index in [1.165, 1.54) is 5.56 Å². The lowest BCUT2D eigenvalue weighted by Crippen LogP contribution is -2.15. The first-order valence-corrected chi connectivity index (χ1v) is 9.77. The highest BCUT2D eigenvalue weighted by Crippen LogP contribution is 2.21.